The zero-order valence-corrected chi connectivity index (χ0v) is 11.3. The highest BCUT2D eigenvalue weighted by Gasteiger charge is 2.49. The first kappa shape index (κ1) is 14.2. The van der Waals surface area contributed by atoms with Gasteiger partial charge in [0.2, 0.25) is 0 Å². The van der Waals surface area contributed by atoms with Gasteiger partial charge in [-0.25, -0.2) is 0 Å². The molecule has 2 N–H and O–H groups in total. The summed E-state index contributed by atoms with van der Waals surface area (Å²) in [6, 6.07) is 0. The molecule has 2 fully saturated rings. The van der Waals surface area contributed by atoms with Gasteiger partial charge in [0.25, 0.3) is 0 Å². The minimum atomic E-state index is -0.898. The van der Waals surface area contributed by atoms with Crippen LogP contribution in [0.5, 0.6) is 0 Å². The Morgan fingerprint density at radius 1 is 1.11 bits per heavy atom. The lowest BCUT2D eigenvalue weighted by atomic mass is 10.0. The van der Waals surface area contributed by atoms with Gasteiger partial charge in [-0.2, -0.15) is 0 Å². The predicted molar refractivity (Wildman–Crippen MR) is 61.8 cm³/mol. The lowest BCUT2D eigenvalue weighted by Crippen LogP contribution is -2.45. The molecule has 6 heteroatoms. The summed E-state index contributed by atoms with van der Waals surface area (Å²) >= 11 is 0. The van der Waals surface area contributed by atoms with Crippen LogP contribution in [0, 0.1) is 0 Å². The summed E-state index contributed by atoms with van der Waals surface area (Å²) < 4.78 is 22.1. The fraction of sp³-hybridized carbons (Fsp3) is 1.00. The van der Waals surface area contributed by atoms with Crippen molar-refractivity contribution in [3.05, 3.63) is 0 Å². The van der Waals surface area contributed by atoms with Crippen LogP contribution >= 0.6 is 0 Å². The number of hydrogen-bond acceptors (Lipinski definition) is 6. The van der Waals surface area contributed by atoms with Gasteiger partial charge in [0.15, 0.2) is 11.6 Å². The predicted octanol–water partition coefficient (Wildman–Crippen LogP) is 0.0112. The van der Waals surface area contributed by atoms with Crippen molar-refractivity contribution >= 4 is 0 Å². The summed E-state index contributed by atoms with van der Waals surface area (Å²) in [6.45, 7) is 7.17. The summed E-state index contributed by atoms with van der Waals surface area (Å²) in [5.41, 5.74) is 0. The fourth-order valence-electron chi connectivity index (χ4n) is 2.39. The third kappa shape index (κ3) is 2.84. The molecule has 2 rings (SSSR count). The van der Waals surface area contributed by atoms with Gasteiger partial charge in [0.05, 0.1) is 13.2 Å². The molecule has 0 aliphatic carbocycles. The quantitative estimate of drug-likeness (QED) is 0.746. The molecule has 0 bridgehead atoms. The summed E-state index contributed by atoms with van der Waals surface area (Å²) in [7, 11) is 0. The normalized spacial score (nSPS) is 40.0. The molecule has 2 aliphatic rings. The van der Waals surface area contributed by atoms with Crippen LogP contribution in [0.25, 0.3) is 0 Å². The molecule has 6 nitrogen and oxygen atoms in total. The third-order valence-electron chi connectivity index (χ3n) is 3.15. The smallest absolute Gasteiger partial charge is 0.164 e. The van der Waals surface area contributed by atoms with Crippen LogP contribution in [-0.4, -0.2) is 59.4 Å². The van der Waals surface area contributed by atoms with E-state index < -0.39 is 36.0 Å². The van der Waals surface area contributed by atoms with E-state index in [0.717, 1.165) is 0 Å². The van der Waals surface area contributed by atoms with Gasteiger partial charge in [-0.05, 0) is 27.7 Å². The molecular formula is C12H22O6. The number of hydrogen-bond donors (Lipinski definition) is 2. The molecule has 2 heterocycles. The van der Waals surface area contributed by atoms with E-state index in [1.807, 2.05) is 0 Å². The van der Waals surface area contributed by atoms with Crippen LogP contribution in [0.15, 0.2) is 0 Å². The molecule has 0 radical (unpaired) electrons. The zero-order chi connectivity index (χ0) is 13.6. The van der Waals surface area contributed by atoms with Crippen molar-refractivity contribution in [3.8, 4) is 0 Å². The molecule has 0 aromatic rings. The van der Waals surface area contributed by atoms with E-state index in [0.29, 0.717) is 6.61 Å². The molecule has 3 unspecified atom stereocenters. The molecule has 0 amide bonds. The van der Waals surface area contributed by atoms with Crippen molar-refractivity contribution in [2.45, 2.75) is 63.7 Å². The first-order valence-electron chi connectivity index (χ1n) is 6.20. The third-order valence-corrected chi connectivity index (χ3v) is 3.15. The number of ether oxygens (including phenoxy) is 4. The van der Waals surface area contributed by atoms with Gasteiger partial charge in [0.1, 0.15) is 24.4 Å². The molecule has 18 heavy (non-hydrogen) atoms. The number of rotatable bonds is 3. The van der Waals surface area contributed by atoms with Gasteiger partial charge in [0, 0.05) is 0 Å². The van der Waals surface area contributed by atoms with Crippen LogP contribution in [0.3, 0.4) is 0 Å². The maximum Gasteiger partial charge on any atom is 0.164 e. The summed E-state index contributed by atoms with van der Waals surface area (Å²) in [4.78, 5) is 0. The standard InChI is InChI=1S/C12H22O6/c1-11(2)15-6-8(17-11)9(14)10-7(5-13)16-12(3,4)18-10/h7-10,13-14H,5-6H2,1-4H3/t7?,8-,9?,10?/m1/s1. The van der Waals surface area contributed by atoms with Crippen LogP contribution in [0.4, 0.5) is 0 Å². The summed E-state index contributed by atoms with van der Waals surface area (Å²) in [5.74, 6) is -1.51. The Bertz CT molecular complexity index is 303. The molecule has 106 valence electrons. The van der Waals surface area contributed by atoms with Crippen molar-refractivity contribution in [3.63, 3.8) is 0 Å². The van der Waals surface area contributed by atoms with Crippen molar-refractivity contribution < 1.29 is 29.2 Å². The lowest BCUT2D eigenvalue weighted by molar-refractivity contribution is -0.178. The van der Waals surface area contributed by atoms with Gasteiger partial charge >= 0.3 is 0 Å². The average molecular weight is 262 g/mol. The second-order valence-corrected chi connectivity index (χ2v) is 5.68. The second kappa shape index (κ2) is 4.70. The molecule has 2 saturated heterocycles. The van der Waals surface area contributed by atoms with Crippen LogP contribution in [0.2, 0.25) is 0 Å². The summed E-state index contributed by atoms with van der Waals surface area (Å²) in [5, 5.41) is 19.6. The topological polar surface area (TPSA) is 77.4 Å². The highest BCUT2D eigenvalue weighted by atomic mass is 16.8. The maximum atomic E-state index is 10.3. The van der Waals surface area contributed by atoms with E-state index in [1.165, 1.54) is 0 Å². The van der Waals surface area contributed by atoms with Gasteiger partial charge in [-0.3, -0.25) is 0 Å². The summed E-state index contributed by atoms with van der Waals surface area (Å²) in [6.07, 6.45) is -2.54. The maximum absolute atomic E-state index is 10.3. The SMILES string of the molecule is CC1(C)OC(CO)C(C(O)[C@H]2COC(C)(C)O2)O1. The van der Waals surface area contributed by atoms with Crippen molar-refractivity contribution in [1.29, 1.82) is 0 Å². The monoisotopic (exact) mass is 262 g/mol. The lowest BCUT2D eigenvalue weighted by Gasteiger charge is -2.26. The zero-order valence-electron chi connectivity index (χ0n) is 11.3. The van der Waals surface area contributed by atoms with E-state index in [1.54, 1.807) is 27.7 Å². The first-order chi connectivity index (χ1) is 8.24. The van der Waals surface area contributed by atoms with Gasteiger partial charge in [-0.1, -0.05) is 0 Å². The molecule has 0 aromatic carbocycles. The number of aliphatic hydroxyl groups excluding tert-OH is 2. The largest absolute Gasteiger partial charge is 0.394 e. The Labute approximate surface area is 107 Å². The van der Waals surface area contributed by atoms with Crippen LogP contribution in [0.1, 0.15) is 27.7 Å². The van der Waals surface area contributed by atoms with Crippen LogP contribution < -0.4 is 0 Å². The number of aliphatic hydroxyl groups is 2. The minimum absolute atomic E-state index is 0.206. The van der Waals surface area contributed by atoms with Crippen molar-refractivity contribution in [2.24, 2.45) is 0 Å². The molecule has 0 spiro atoms. The molecule has 0 aromatic heterocycles. The Morgan fingerprint density at radius 2 is 1.78 bits per heavy atom. The average Bonchev–Trinajstić information content (AvgIpc) is 2.77. The Kier molecular flexibility index (Phi) is 3.70. The van der Waals surface area contributed by atoms with E-state index in [2.05, 4.69) is 0 Å². The molecule has 0 saturated carbocycles. The first-order valence-corrected chi connectivity index (χ1v) is 6.20. The Balaban J connectivity index is 2.02. The minimum Gasteiger partial charge on any atom is -0.394 e. The Hall–Kier alpha value is -0.240. The van der Waals surface area contributed by atoms with Gasteiger partial charge < -0.3 is 29.2 Å². The van der Waals surface area contributed by atoms with Crippen molar-refractivity contribution in [2.75, 3.05) is 13.2 Å². The molecule has 2 aliphatic heterocycles. The van der Waals surface area contributed by atoms with E-state index >= 15 is 0 Å². The van der Waals surface area contributed by atoms with Crippen LogP contribution in [-0.2, 0) is 18.9 Å². The molecular weight excluding hydrogens is 240 g/mol. The van der Waals surface area contributed by atoms with E-state index in [-0.39, 0.29) is 6.61 Å². The highest BCUT2D eigenvalue weighted by Crippen LogP contribution is 2.33. The Morgan fingerprint density at radius 3 is 2.28 bits per heavy atom. The van der Waals surface area contributed by atoms with Gasteiger partial charge in [-0.15, -0.1) is 0 Å². The second-order valence-electron chi connectivity index (χ2n) is 5.68. The van der Waals surface area contributed by atoms with E-state index in [9.17, 15) is 10.2 Å². The van der Waals surface area contributed by atoms with E-state index in [4.69, 9.17) is 18.9 Å². The fourth-order valence-corrected chi connectivity index (χ4v) is 2.39. The highest BCUT2D eigenvalue weighted by molar-refractivity contribution is 4.91. The molecule has 4 atom stereocenters. The van der Waals surface area contributed by atoms with Crippen molar-refractivity contribution in [1.82, 2.24) is 0 Å².